The smallest absolute Gasteiger partial charge is 0.309 e. The molecule has 1 saturated heterocycles. The fourth-order valence-corrected chi connectivity index (χ4v) is 4.37. The second-order valence-corrected chi connectivity index (χ2v) is 8.00. The zero-order valence-corrected chi connectivity index (χ0v) is 16.8. The number of carbonyl (C=O) groups excluding carboxylic acids is 2. The first-order valence-corrected chi connectivity index (χ1v) is 10.5. The van der Waals surface area contributed by atoms with Crippen molar-refractivity contribution in [3.63, 3.8) is 0 Å². The Labute approximate surface area is 168 Å². The van der Waals surface area contributed by atoms with Crippen LogP contribution < -0.4 is 10.2 Å². The minimum absolute atomic E-state index is 0.0488. The predicted molar refractivity (Wildman–Crippen MR) is 106 cm³/mol. The number of hydrogen-bond donors (Lipinski definition) is 2. The number of thiophene rings is 1. The predicted octanol–water partition coefficient (Wildman–Crippen LogP) is 1.95. The van der Waals surface area contributed by atoms with Crippen LogP contribution in [0.3, 0.4) is 0 Å². The molecule has 1 aromatic heterocycles. The number of carbonyl (C=O) groups is 2. The van der Waals surface area contributed by atoms with E-state index in [4.69, 9.17) is 4.74 Å². The third-order valence-electron chi connectivity index (χ3n) is 5.06. The molecule has 1 atom stereocenters. The Kier molecular flexibility index (Phi) is 7.17. The lowest BCUT2D eigenvalue weighted by atomic mass is 9.97. The average molecular weight is 406 g/mol. The molecule has 0 aliphatic carbocycles. The number of rotatable bonds is 7. The van der Waals surface area contributed by atoms with Gasteiger partial charge >= 0.3 is 5.97 Å². The van der Waals surface area contributed by atoms with E-state index in [1.807, 2.05) is 24.4 Å². The maximum absolute atomic E-state index is 13.3. The lowest BCUT2D eigenvalue weighted by Gasteiger charge is -2.28. The molecule has 0 saturated carbocycles. The van der Waals surface area contributed by atoms with Crippen molar-refractivity contribution in [2.45, 2.75) is 25.8 Å². The molecule has 0 radical (unpaired) electrons. The van der Waals surface area contributed by atoms with Gasteiger partial charge in [-0.3, -0.25) is 9.59 Å². The Bertz CT molecular complexity index is 771. The fraction of sp³-hybridized carbons (Fsp3) is 0.429. The largest absolute Gasteiger partial charge is 0.466 e. The molecule has 0 spiro atoms. The van der Waals surface area contributed by atoms with Crippen LogP contribution in [-0.2, 0) is 14.3 Å². The average Bonchev–Trinajstić information content (AvgIpc) is 3.22. The molecule has 2 aromatic rings. The molecule has 1 aliphatic heterocycles. The number of benzene rings is 1. The summed E-state index contributed by atoms with van der Waals surface area (Å²) in [6.45, 7) is 4.13. The Hall–Kier alpha value is -2.25. The quantitative estimate of drug-likeness (QED) is 0.693. The van der Waals surface area contributed by atoms with Gasteiger partial charge in [-0.1, -0.05) is 18.2 Å². The normalized spacial score (nSPS) is 20.4. The first kappa shape index (κ1) is 20.5. The van der Waals surface area contributed by atoms with Gasteiger partial charge < -0.3 is 15.0 Å². The minimum Gasteiger partial charge on any atom is -0.466 e. The van der Waals surface area contributed by atoms with Crippen molar-refractivity contribution in [2.75, 3.05) is 26.2 Å². The number of hydrogen-bond acceptors (Lipinski definition) is 4. The summed E-state index contributed by atoms with van der Waals surface area (Å²) in [5.41, 5.74) is 0.855. The highest BCUT2D eigenvalue weighted by Crippen LogP contribution is 2.26. The van der Waals surface area contributed by atoms with Crippen molar-refractivity contribution in [1.82, 2.24) is 5.32 Å². The molecule has 1 aliphatic rings. The summed E-state index contributed by atoms with van der Waals surface area (Å²) in [7, 11) is 0. The van der Waals surface area contributed by atoms with E-state index >= 15 is 0 Å². The molecule has 28 heavy (non-hydrogen) atoms. The van der Waals surface area contributed by atoms with Crippen LogP contribution in [0.1, 0.15) is 36.2 Å². The SMILES string of the molecule is CCOC(=O)C1CC[NH+](CC(=O)N[C@H](c2ccc(F)cc2)c2cccs2)CC1. The summed E-state index contributed by atoms with van der Waals surface area (Å²) in [4.78, 5) is 26.7. The molecular weight excluding hydrogens is 379 g/mol. The zero-order chi connectivity index (χ0) is 19.9. The summed E-state index contributed by atoms with van der Waals surface area (Å²) >= 11 is 1.56. The molecule has 1 fully saturated rings. The number of halogens is 1. The Balaban J connectivity index is 1.58. The fourth-order valence-electron chi connectivity index (χ4n) is 3.57. The number of amides is 1. The standard InChI is InChI=1S/C21H25FN2O3S/c1-2-27-21(26)16-9-11-24(12-10-16)14-19(25)23-20(18-4-3-13-28-18)15-5-7-17(22)8-6-15/h3-8,13,16,20H,2,9-12,14H2,1H3,(H,23,25)/p+1/t20-/m1/s1. The first-order valence-electron chi connectivity index (χ1n) is 9.65. The molecule has 7 heteroatoms. The lowest BCUT2D eigenvalue weighted by Crippen LogP contribution is -3.14. The van der Waals surface area contributed by atoms with E-state index in [2.05, 4.69) is 5.32 Å². The highest BCUT2D eigenvalue weighted by atomic mass is 32.1. The van der Waals surface area contributed by atoms with E-state index in [9.17, 15) is 14.0 Å². The second-order valence-electron chi connectivity index (χ2n) is 7.02. The van der Waals surface area contributed by atoms with E-state index < -0.39 is 0 Å². The van der Waals surface area contributed by atoms with Crippen LogP contribution in [0.2, 0.25) is 0 Å². The second kappa shape index (κ2) is 9.80. The van der Waals surface area contributed by atoms with Gasteiger partial charge in [-0.15, -0.1) is 11.3 Å². The Morgan fingerprint density at radius 3 is 2.57 bits per heavy atom. The van der Waals surface area contributed by atoms with E-state index in [0.717, 1.165) is 36.4 Å². The van der Waals surface area contributed by atoms with E-state index in [-0.39, 0.29) is 29.7 Å². The zero-order valence-electron chi connectivity index (χ0n) is 15.9. The van der Waals surface area contributed by atoms with Crippen LogP contribution in [0.5, 0.6) is 0 Å². The van der Waals surface area contributed by atoms with Crippen molar-refractivity contribution >= 4 is 23.2 Å². The summed E-state index contributed by atoms with van der Waals surface area (Å²) in [5, 5.41) is 5.06. The van der Waals surface area contributed by atoms with Gasteiger partial charge in [0.1, 0.15) is 5.82 Å². The molecule has 1 amide bonds. The summed E-state index contributed by atoms with van der Waals surface area (Å²) in [6.07, 6.45) is 1.49. The number of quaternary nitrogens is 1. The van der Waals surface area contributed by atoms with Crippen molar-refractivity contribution < 1.29 is 23.6 Å². The molecular formula is C21H26FN2O3S+. The topological polar surface area (TPSA) is 59.8 Å². The van der Waals surface area contributed by atoms with E-state index in [1.54, 1.807) is 23.5 Å². The third-order valence-corrected chi connectivity index (χ3v) is 6.00. The van der Waals surface area contributed by atoms with Gasteiger partial charge in [0.15, 0.2) is 6.54 Å². The monoisotopic (exact) mass is 405 g/mol. The Morgan fingerprint density at radius 1 is 1.25 bits per heavy atom. The highest BCUT2D eigenvalue weighted by molar-refractivity contribution is 7.10. The van der Waals surface area contributed by atoms with Crippen LogP contribution in [-0.4, -0.2) is 38.1 Å². The number of ether oxygens (including phenoxy) is 1. The molecule has 2 N–H and O–H groups in total. The maximum Gasteiger partial charge on any atom is 0.309 e. The van der Waals surface area contributed by atoms with Crippen LogP contribution in [0.4, 0.5) is 4.39 Å². The van der Waals surface area contributed by atoms with Crippen molar-refractivity contribution in [1.29, 1.82) is 0 Å². The molecule has 150 valence electrons. The summed E-state index contributed by atoms with van der Waals surface area (Å²) in [6, 6.07) is 9.85. The van der Waals surface area contributed by atoms with Crippen LogP contribution in [0.15, 0.2) is 41.8 Å². The number of esters is 1. The van der Waals surface area contributed by atoms with E-state index in [0.29, 0.717) is 13.2 Å². The van der Waals surface area contributed by atoms with Gasteiger partial charge in [0, 0.05) is 17.7 Å². The van der Waals surface area contributed by atoms with Crippen LogP contribution in [0.25, 0.3) is 0 Å². The third kappa shape index (κ3) is 5.39. The van der Waals surface area contributed by atoms with Crippen molar-refractivity contribution in [2.24, 2.45) is 5.92 Å². The number of likely N-dealkylation sites (tertiary alicyclic amines) is 1. The molecule has 0 bridgehead atoms. The van der Waals surface area contributed by atoms with Crippen LogP contribution in [0, 0.1) is 11.7 Å². The molecule has 3 rings (SSSR count). The molecule has 5 nitrogen and oxygen atoms in total. The van der Waals surface area contributed by atoms with Gasteiger partial charge in [-0.2, -0.15) is 0 Å². The van der Waals surface area contributed by atoms with E-state index in [1.165, 1.54) is 17.0 Å². The van der Waals surface area contributed by atoms with Gasteiger partial charge in [0.05, 0.1) is 31.7 Å². The summed E-state index contributed by atoms with van der Waals surface area (Å²) in [5.74, 6) is -0.522. The van der Waals surface area contributed by atoms with Gasteiger partial charge in [-0.05, 0) is 36.1 Å². The van der Waals surface area contributed by atoms with Crippen LogP contribution >= 0.6 is 11.3 Å². The number of nitrogens with one attached hydrogen (secondary N) is 2. The minimum atomic E-state index is -0.297. The maximum atomic E-state index is 13.3. The van der Waals surface area contributed by atoms with Crippen molar-refractivity contribution in [3.05, 3.63) is 58.0 Å². The molecule has 0 unspecified atom stereocenters. The lowest BCUT2D eigenvalue weighted by molar-refractivity contribution is -0.897. The number of piperidine rings is 1. The summed E-state index contributed by atoms with van der Waals surface area (Å²) < 4.78 is 18.4. The van der Waals surface area contributed by atoms with Crippen molar-refractivity contribution in [3.8, 4) is 0 Å². The van der Waals surface area contributed by atoms with Gasteiger partial charge in [0.2, 0.25) is 0 Å². The van der Waals surface area contributed by atoms with Gasteiger partial charge in [0.25, 0.3) is 5.91 Å². The Morgan fingerprint density at radius 2 is 1.96 bits per heavy atom. The molecule has 2 heterocycles. The highest BCUT2D eigenvalue weighted by Gasteiger charge is 2.30. The molecule has 1 aromatic carbocycles. The first-order chi connectivity index (χ1) is 13.6. The van der Waals surface area contributed by atoms with Gasteiger partial charge in [-0.25, -0.2) is 4.39 Å².